The van der Waals surface area contributed by atoms with Crippen molar-refractivity contribution in [3.63, 3.8) is 0 Å². The lowest BCUT2D eigenvalue weighted by atomic mass is 9.88. The molecule has 0 spiro atoms. The zero-order valence-electron chi connectivity index (χ0n) is 24.3. The first-order valence-electron chi connectivity index (χ1n) is 12.5. The third kappa shape index (κ3) is 8.45. The van der Waals surface area contributed by atoms with Crippen molar-refractivity contribution in [3.8, 4) is 0 Å². The van der Waals surface area contributed by atoms with E-state index in [0.717, 1.165) is 22.7 Å². The van der Waals surface area contributed by atoms with Gasteiger partial charge in [0, 0.05) is 10.9 Å². The van der Waals surface area contributed by atoms with Crippen molar-refractivity contribution in [2.45, 2.75) is 97.7 Å². The molecule has 2 fully saturated rings. The summed E-state index contributed by atoms with van der Waals surface area (Å²) in [6.07, 6.45) is 0.120. The van der Waals surface area contributed by atoms with Gasteiger partial charge in [0.05, 0.1) is 32.4 Å². The predicted molar refractivity (Wildman–Crippen MR) is 161 cm³/mol. The minimum atomic E-state index is -1.03. The van der Waals surface area contributed by atoms with Gasteiger partial charge < -0.3 is 33.5 Å². The number of hydrogen-bond acceptors (Lipinski definition) is 9. The summed E-state index contributed by atoms with van der Waals surface area (Å²) in [6, 6.07) is 3.16. The lowest BCUT2D eigenvalue weighted by Gasteiger charge is -2.32. The van der Waals surface area contributed by atoms with Crippen LogP contribution in [0.15, 0.2) is 17.5 Å². The maximum atomic E-state index is 10.9. The Balaban J connectivity index is 0.000000224. The highest BCUT2D eigenvalue weighted by Gasteiger charge is 2.53. The molecule has 0 aromatic carbocycles. The molecule has 2 N–H and O–H groups in total. The van der Waals surface area contributed by atoms with Gasteiger partial charge in [-0.05, 0) is 86.8 Å². The van der Waals surface area contributed by atoms with E-state index in [1.165, 1.54) is 0 Å². The predicted octanol–water partition coefficient (Wildman–Crippen LogP) is 6.50. The fraction of sp³-hybridized carbons (Fsp3) is 0.600. The van der Waals surface area contributed by atoms with E-state index >= 15 is 0 Å². The summed E-state index contributed by atoms with van der Waals surface area (Å²) in [7, 11) is -1.09. The average molecular weight is 637 g/mol. The van der Waals surface area contributed by atoms with E-state index in [2.05, 4.69) is 0 Å². The molecule has 2 aromatic heterocycles. The first-order chi connectivity index (χ1) is 18.1. The Morgan fingerprint density at radius 1 is 0.825 bits per heavy atom. The Morgan fingerprint density at radius 2 is 1.27 bits per heavy atom. The molecule has 0 amide bonds. The molecule has 0 atom stereocenters. The van der Waals surface area contributed by atoms with E-state index in [-0.39, 0.29) is 32.1 Å². The minimum Gasteiger partial charge on any atom is -0.477 e. The van der Waals surface area contributed by atoms with Gasteiger partial charge >= 0.3 is 26.4 Å². The molecule has 4 heterocycles. The molecule has 0 radical (unpaired) electrons. The van der Waals surface area contributed by atoms with E-state index in [1.807, 2.05) is 69.2 Å². The molecule has 2 aromatic rings. The van der Waals surface area contributed by atoms with Crippen molar-refractivity contribution in [1.29, 1.82) is 0 Å². The van der Waals surface area contributed by atoms with Crippen LogP contribution in [0.5, 0.6) is 0 Å². The van der Waals surface area contributed by atoms with Crippen LogP contribution in [0.4, 0.5) is 0 Å². The molecule has 9 nitrogen and oxygen atoms in total. The summed E-state index contributed by atoms with van der Waals surface area (Å²) >= 11 is 13.6. The first kappa shape index (κ1) is 35.0. The molecule has 0 unspecified atom stereocenters. The number of carboxylic acids is 2. The summed E-state index contributed by atoms with van der Waals surface area (Å²) in [6.45, 7) is 19.7. The number of rotatable bonds is 5. The topological polar surface area (TPSA) is 121 Å². The maximum absolute atomic E-state index is 10.9. The largest absolute Gasteiger partial charge is 0.640 e. The number of carboxylic acid groups (broad SMARTS) is 2. The number of hydrogen-bond donors (Lipinski definition) is 2. The Kier molecular flexibility index (Phi) is 11.4. The van der Waals surface area contributed by atoms with Crippen molar-refractivity contribution in [2.24, 2.45) is 0 Å². The van der Waals surface area contributed by atoms with E-state index < -0.39 is 37.6 Å². The van der Waals surface area contributed by atoms with Gasteiger partial charge in [-0.15, -0.1) is 22.7 Å². The third-order valence-electron chi connectivity index (χ3n) is 6.81. The van der Waals surface area contributed by atoms with Gasteiger partial charge in [-0.1, -0.05) is 23.2 Å². The summed E-state index contributed by atoms with van der Waals surface area (Å²) in [5.74, 6) is -2.00. The second-order valence-corrected chi connectivity index (χ2v) is 14.2. The fourth-order valence-corrected chi connectivity index (χ4v) is 5.32. The average Bonchev–Trinajstić information content (AvgIpc) is 3.47. The van der Waals surface area contributed by atoms with Crippen LogP contribution < -0.4 is 4.78 Å². The van der Waals surface area contributed by atoms with Crippen LogP contribution in [0.3, 0.4) is 0 Å². The molecular formula is C25H36B2Cl2O9S2. The van der Waals surface area contributed by atoms with E-state index in [0.29, 0.717) is 9.80 Å². The highest BCUT2D eigenvalue weighted by Crippen LogP contribution is 2.38. The highest BCUT2D eigenvalue weighted by molar-refractivity contribution is 7.24. The van der Waals surface area contributed by atoms with E-state index in [1.54, 1.807) is 17.5 Å². The molecule has 2 aliphatic rings. The van der Waals surface area contributed by atoms with Crippen LogP contribution in [-0.4, -0.2) is 65.1 Å². The number of thiophene rings is 2. The smallest absolute Gasteiger partial charge is 0.477 e. The monoisotopic (exact) mass is 636 g/mol. The molecule has 40 heavy (non-hydrogen) atoms. The summed E-state index contributed by atoms with van der Waals surface area (Å²) in [4.78, 5) is 21.5. The van der Waals surface area contributed by atoms with Crippen molar-refractivity contribution in [3.05, 3.63) is 37.3 Å². The summed E-state index contributed by atoms with van der Waals surface area (Å²) < 4.78 is 29.0. The van der Waals surface area contributed by atoms with Crippen molar-refractivity contribution in [2.75, 3.05) is 0 Å². The molecule has 2 aliphatic heterocycles. The second-order valence-electron chi connectivity index (χ2n) is 11.4. The van der Waals surface area contributed by atoms with Crippen molar-refractivity contribution < 1.29 is 43.1 Å². The molecule has 0 aliphatic carbocycles. The van der Waals surface area contributed by atoms with Crippen molar-refractivity contribution in [1.82, 2.24) is 0 Å². The summed E-state index contributed by atoms with van der Waals surface area (Å²) in [5.41, 5.74) is -1.49. The number of aromatic carboxylic acids is 2. The summed E-state index contributed by atoms with van der Waals surface area (Å²) in [5, 5.41) is 19.5. The Morgan fingerprint density at radius 3 is 1.60 bits per heavy atom. The number of halogens is 2. The molecule has 0 bridgehead atoms. The van der Waals surface area contributed by atoms with Crippen molar-refractivity contribution >= 4 is 77.0 Å². The highest BCUT2D eigenvalue weighted by atomic mass is 35.5. The SMILES string of the molecule is CC(C)OB1OC(C)(C)C(C)(C)O1.CC1(C)OB(c2cc(Cl)c(C(=O)O)s2)OC1(C)C.O=C(O)c1sccc1Cl. The van der Waals surface area contributed by atoms with Gasteiger partial charge in [-0.3, -0.25) is 0 Å². The van der Waals surface area contributed by atoms with E-state index in [9.17, 15) is 9.59 Å². The Hall–Kier alpha value is -1.15. The van der Waals surface area contributed by atoms with Gasteiger partial charge in [0.15, 0.2) is 0 Å². The Bertz CT molecular complexity index is 1160. The van der Waals surface area contributed by atoms with E-state index in [4.69, 9.17) is 56.7 Å². The molecule has 2 saturated heterocycles. The lowest BCUT2D eigenvalue weighted by Crippen LogP contribution is -2.41. The zero-order chi connectivity index (χ0) is 30.8. The number of carbonyl (C=O) groups is 2. The molecule has 222 valence electrons. The van der Waals surface area contributed by atoms with Crippen LogP contribution in [0.2, 0.25) is 10.0 Å². The lowest BCUT2D eigenvalue weighted by molar-refractivity contribution is 0.00578. The standard InChI is InChI=1S/C11H14BClO4S.C9H19BO3.C5H3ClO2S/c1-10(2)11(3,4)17-12(16-10)7-5-6(13)8(18-7)9(14)15;1-7(2)11-10-12-8(3,4)9(5,6)13-10;6-3-1-2-9-4(3)5(7)8/h5H,1-4H3,(H,14,15);7H,1-6H3;1-2H,(H,7,8). The third-order valence-corrected chi connectivity index (χ3v) is 9.70. The van der Waals surface area contributed by atoms with Gasteiger partial charge in [0.1, 0.15) is 9.75 Å². The van der Waals surface area contributed by atoms with Crippen LogP contribution in [-0.2, 0) is 23.3 Å². The van der Waals surface area contributed by atoms with Crippen LogP contribution in [0.1, 0.15) is 88.6 Å². The van der Waals surface area contributed by atoms with Crippen LogP contribution in [0.25, 0.3) is 0 Å². The Labute approximate surface area is 254 Å². The first-order valence-corrected chi connectivity index (χ1v) is 14.9. The van der Waals surface area contributed by atoms with Gasteiger partial charge in [-0.25, -0.2) is 9.59 Å². The zero-order valence-corrected chi connectivity index (χ0v) is 27.4. The fourth-order valence-electron chi connectivity index (χ4n) is 3.12. The maximum Gasteiger partial charge on any atom is 0.640 e. The quantitative estimate of drug-likeness (QED) is 0.354. The molecule has 15 heteroatoms. The van der Waals surface area contributed by atoms with Gasteiger partial charge in [0.25, 0.3) is 0 Å². The second kappa shape index (κ2) is 13.0. The normalized spacial score (nSPS) is 20.0. The van der Waals surface area contributed by atoms with Gasteiger partial charge in [-0.2, -0.15) is 0 Å². The van der Waals surface area contributed by atoms with Crippen LogP contribution >= 0.6 is 45.9 Å². The van der Waals surface area contributed by atoms with Gasteiger partial charge in [0.2, 0.25) is 0 Å². The molecule has 0 saturated carbocycles. The molecule has 4 rings (SSSR count). The molecular weight excluding hydrogens is 601 g/mol. The van der Waals surface area contributed by atoms with Crippen LogP contribution in [0, 0.1) is 0 Å². The minimum absolute atomic E-state index is 0.112.